The van der Waals surface area contributed by atoms with Gasteiger partial charge in [0.15, 0.2) is 0 Å². The summed E-state index contributed by atoms with van der Waals surface area (Å²) in [7, 11) is 0. The summed E-state index contributed by atoms with van der Waals surface area (Å²) in [5, 5.41) is 7.55. The predicted octanol–water partition coefficient (Wildman–Crippen LogP) is 3.06. The number of aryl methyl sites for hydroxylation is 1. The smallest absolute Gasteiger partial charge is 0.251 e. The lowest BCUT2D eigenvalue weighted by molar-refractivity contribution is -0.00950. The fourth-order valence-electron chi connectivity index (χ4n) is 3.94. The Hall–Kier alpha value is -2.18. The van der Waals surface area contributed by atoms with Gasteiger partial charge in [-0.05, 0) is 43.9 Å². The van der Waals surface area contributed by atoms with Gasteiger partial charge in [0.25, 0.3) is 5.91 Å². The minimum absolute atomic E-state index is 0.0424. The summed E-state index contributed by atoms with van der Waals surface area (Å²) in [5.41, 5.74) is 2.91. The van der Waals surface area contributed by atoms with E-state index < -0.39 is 0 Å². The van der Waals surface area contributed by atoms with Gasteiger partial charge in [-0.25, -0.2) is 0 Å². The number of nitrogens with zero attached hydrogens (tertiary/aromatic N) is 2. The highest BCUT2D eigenvalue weighted by molar-refractivity contribution is 5.94. The van der Waals surface area contributed by atoms with E-state index in [9.17, 15) is 4.79 Å². The summed E-state index contributed by atoms with van der Waals surface area (Å²) >= 11 is 0. The maximum absolute atomic E-state index is 12.9. The first-order chi connectivity index (χ1) is 13.2. The van der Waals surface area contributed by atoms with Crippen molar-refractivity contribution < 1.29 is 14.3 Å². The van der Waals surface area contributed by atoms with E-state index in [0.717, 1.165) is 44.6 Å². The minimum Gasteiger partial charge on any atom is -0.381 e. The fraction of sp³-hybridized carbons (Fsp3) is 0.524. The summed E-state index contributed by atoms with van der Waals surface area (Å²) in [4.78, 5) is 12.9. The van der Waals surface area contributed by atoms with Crippen LogP contribution in [0.4, 0.5) is 0 Å². The van der Waals surface area contributed by atoms with Gasteiger partial charge in [0.2, 0.25) is 0 Å². The molecule has 0 spiro atoms. The monoisotopic (exact) mass is 369 g/mol. The van der Waals surface area contributed by atoms with E-state index in [-0.39, 0.29) is 18.1 Å². The topological polar surface area (TPSA) is 65.4 Å². The first kappa shape index (κ1) is 18.2. The number of carbonyl (C=O) groups is 1. The summed E-state index contributed by atoms with van der Waals surface area (Å²) in [6.45, 7) is 5.13. The SMILES string of the molecule is CCn1cc([C@H]2OCCC[C@@H]2NC(=O)c2cccc(C3CCOC3)c2)cn1. The van der Waals surface area contributed by atoms with E-state index >= 15 is 0 Å². The molecule has 6 heteroatoms. The Labute approximate surface area is 159 Å². The van der Waals surface area contributed by atoms with Crippen molar-refractivity contribution in [2.24, 2.45) is 0 Å². The highest BCUT2D eigenvalue weighted by Gasteiger charge is 2.30. The van der Waals surface area contributed by atoms with Gasteiger partial charge in [-0.1, -0.05) is 12.1 Å². The molecule has 0 saturated carbocycles. The largest absolute Gasteiger partial charge is 0.381 e. The number of ether oxygens (including phenoxy) is 2. The molecule has 3 heterocycles. The molecular weight excluding hydrogens is 342 g/mol. The van der Waals surface area contributed by atoms with Gasteiger partial charge in [0.05, 0.1) is 18.8 Å². The van der Waals surface area contributed by atoms with Crippen LogP contribution in [0.5, 0.6) is 0 Å². The van der Waals surface area contributed by atoms with Crippen molar-refractivity contribution in [2.45, 2.75) is 50.8 Å². The van der Waals surface area contributed by atoms with E-state index in [1.807, 2.05) is 35.3 Å². The van der Waals surface area contributed by atoms with Gasteiger partial charge in [0.1, 0.15) is 6.10 Å². The minimum atomic E-state index is -0.144. The van der Waals surface area contributed by atoms with Crippen molar-refractivity contribution in [3.8, 4) is 0 Å². The Kier molecular flexibility index (Phi) is 5.55. The normalized spacial score (nSPS) is 25.4. The summed E-state index contributed by atoms with van der Waals surface area (Å²) in [5.74, 6) is 0.350. The van der Waals surface area contributed by atoms with Crippen LogP contribution in [-0.4, -0.2) is 41.6 Å². The summed E-state index contributed by atoms with van der Waals surface area (Å²) in [6, 6.07) is 7.88. The first-order valence-corrected chi connectivity index (χ1v) is 9.87. The lowest BCUT2D eigenvalue weighted by atomic mass is 9.95. The van der Waals surface area contributed by atoms with Gasteiger partial charge in [-0.2, -0.15) is 5.10 Å². The lowest BCUT2D eigenvalue weighted by Gasteiger charge is -2.31. The van der Waals surface area contributed by atoms with E-state index in [2.05, 4.69) is 23.4 Å². The molecule has 0 bridgehead atoms. The van der Waals surface area contributed by atoms with E-state index in [0.29, 0.717) is 18.1 Å². The maximum Gasteiger partial charge on any atom is 0.251 e. The zero-order chi connectivity index (χ0) is 18.6. The highest BCUT2D eigenvalue weighted by atomic mass is 16.5. The van der Waals surface area contributed by atoms with Crippen LogP contribution < -0.4 is 5.32 Å². The highest BCUT2D eigenvalue weighted by Crippen LogP contribution is 2.29. The van der Waals surface area contributed by atoms with Crippen LogP contribution in [0.3, 0.4) is 0 Å². The number of hydrogen-bond donors (Lipinski definition) is 1. The van der Waals surface area contributed by atoms with Crippen molar-refractivity contribution >= 4 is 5.91 Å². The molecule has 27 heavy (non-hydrogen) atoms. The third-order valence-electron chi connectivity index (χ3n) is 5.49. The molecule has 1 amide bonds. The Morgan fingerprint density at radius 2 is 2.22 bits per heavy atom. The number of carbonyl (C=O) groups excluding carboxylic acids is 1. The van der Waals surface area contributed by atoms with E-state index in [1.54, 1.807) is 0 Å². The molecule has 2 aromatic rings. The predicted molar refractivity (Wildman–Crippen MR) is 102 cm³/mol. The van der Waals surface area contributed by atoms with Crippen LogP contribution in [0.1, 0.15) is 59.7 Å². The molecule has 2 aliphatic rings. The molecule has 6 nitrogen and oxygen atoms in total. The van der Waals surface area contributed by atoms with Crippen molar-refractivity contribution in [3.05, 3.63) is 53.3 Å². The molecule has 1 aromatic heterocycles. The fourth-order valence-corrected chi connectivity index (χ4v) is 3.94. The van der Waals surface area contributed by atoms with Crippen molar-refractivity contribution in [1.29, 1.82) is 0 Å². The zero-order valence-corrected chi connectivity index (χ0v) is 15.8. The molecule has 0 radical (unpaired) electrons. The molecule has 2 fully saturated rings. The van der Waals surface area contributed by atoms with Crippen molar-refractivity contribution in [3.63, 3.8) is 0 Å². The Balaban J connectivity index is 1.48. The van der Waals surface area contributed by atoms with Crippen LogP contribution in [0, 0.1) is 0 Å². The maximum atomic E-state index is 12.9. The molecule has 2 aliphatic heterocycles. The zero-order valence-electron chi connectivity index (χ0n) is 15.8. The lowest BCUT2D eigenvalue weighted by Crippen LogP contribution is -2.42. The van der Waals surface area contributed by atoms with Crippen molar-refractivity contribution in [1.82, 2.24) is 15.1 Å². The van der Waals surface area contributed by atoms with Crippen LogP contribution in [-0.2, 0) is 16.0 Å². The van der Waals surface area contributed by atoms with Crippen LogP contribution in [0.2, 0.25) is 0 Å². The Bertz CT molecular complexity index is 782. The average Bonchev–Trinajstić information content (AvgIpc) is 3.40. The van der Waals surface area contributed by atoms with Crippen LogP contribution >= 0.6 is 0 Å². The molecule has 0 aliphatic carbocycles. The average molecular weight is 369 g/mol. The second-order valence-corrected chi connectivity index (χ2v) is 7.33. The molecule has 2 saturated heterocycles. The third kappa shape index (κ3) is 4.06. The quantitative estimate of drug-likeness (QED) is 0.880. The molecule has 1 aromatic carbocycles. The summed E-state index contributed by atoms with van der Waals surface area (Å²) in [6.07, 6.45) is 6.59. The van der Waals surface area contributed by atoms with Crippen LogP contribution in [0.15, 0.2) is 36.7 Å². The van der Waals surface area contributed by atoms with Gasteiger partial charge < -0.3 is 14.8 Å². The van der Waals surface area contributed by atoms with Gasteiger partial charge in [0, 0.05) is 43.0 Å². The third-order valence-corrected chi connectivity index (χ3v) is 5.49. The Morgan fingerprint density at radius 3 is 3.00 bits per heavy atom. The number of benzene rings is 1. The molecule has 4 rings (SSSR count). The van der Waals surface area contributed by atoms with E-state index in [1.165, 1.54) is 5.56 Å². The molecule has 144 valence electrons. The van der Waals surface area contributed by atoms with Crippen molar-refractivity contribution in [2.75, 3.05) is 19.8 Å². The van der Waals surface area contributed by atoms with Gasteiger partial charge >= 0.3 is 0 Å². The number of rotatable bonds is 5. The number of amides is 1. The van der Waals surface area contributed by atoms with Crippen LogP contribution in [0.25, 0.3) is 0 Å². The molecular formula is C21H27N3O3. The van der Waals surface area contributed by atoms with Gasteiger partial charge in [-0.15, -0.1) is 0 Å². The number of nitrogens with one attached hydrogen (secondary N) is 1. The van der Waals surface area contributed by atoms with E-state index in [4.69, 9.17) is 9.47 Å². The molecule has 1 unspecified atom stereocenters. The molecule has 3 atom stereocenters. The second kappa shape index (κ2) is 8.23. The second-order valence-electron chi connectivity index (χ2n) is 7.33. The number of hydrogen-bond acceptors (Lipinski definition) is 4. The molecule has 1 N–H and O–H groups in total. The number of aromatic nitrogens is 2. The standard InChI is InChI=1S/C21H27N3O3/c1-2-24-13-18(12-22-24)20-19(7-4-9-27-20)23-21(25)16-6-3-5-15(11-16)17-8-10-26-14-17/h3,5-6,11-13,17,19-20H,2,4,7-10,14H2,1H3,(H,23,25)/t17?,19-,20+/m0/s1. The first-order valence-electron chi connectivity index (χ1n) is 9.87. The summed E-state index contributed by atoms with van der Waals surface area (Å²) < 4.78 is 13.4. The Morgan fingerprint density at radius 1 is 1.30 bits per heavy atom. The van der Waals surface area contributed by atoms with Gasteiger partial charge in [-0.3, -0.25) is 9.48 Å².